The molecule has 0 spiro atoms. The van der Waals surface area contributed by atoms with E-state index in [1.54, 1.807) is 26.0 Å². The summed E-state index contributed by atoms with van der Waals surface area (Å²) in [4.78, 5) is 23.4. The maximum atomic E-state index is 11.8. The number of rotatable bonds is 5. The zero-order valence-corrected chi connectivity index (χ0v) is 10.5. The summed E-state index contributed by atoms with van der Waals surface area (Å²) < 4.78 is 4.92. The Bertz CT molecular complexity index is 500. The quantitative estimate of drug-likeness (QED) is 0.590. The van der Waals surface area contributed by atoms with Crippen LogP contribution in [-0.2, 0) is 11.2 Å². The van der Waals surface area contributed by atoms with Crippen molar-refractivity contribution in [2.75, 3.05) is 6.61 Å². The normalized spacial score (nSPS) is 9.61. The summed E-state index contributed by atoms with van der Waals surface area (Å²) in [6.45, 7) is 3.73. The molecule has 0 bridgehead atoms. The predicted octanol–water partition coefficient (Wildman–Crippen LogP) is 2.52. The fourth-order valence-electron chi connectivity index (χ4n) is 1.59. The van der Waals surface area contributed by atoms with E-state index in [2.05, 4.69) is 0 Å². The number of hydrogen-bond donors (Lipinski definition) is 0. The molecule has 94 valence electrons. The summed E-state index contributed by atoms with van der Waals surface area (Å²) in [6.07, 6.45) is 0.495. The number of carbonyl (C=O) groups excluding carboxylic acids is 2. The number of hydrogen-bond acceptors (Lipinski definition) is 4. The largest absolute Gasteiger partial charge is 0.462 e. The molecule has 0 fully saturated rings. The third kappa shape index (κ3) is 3.17. The second-order valence-corrected chi connectivity index (χ2v) is 3.70. The molecule has 0 heterocycles. The lowest BCUT2D eigenvalue weighted by atomic mass is 9.99. The van der Waals surface area contributed by atoms with Crippen molar-refractivity contribution in [2.45, 2.75) is 26.7 Å². The highest BCUT2D eigenvalue weighted by molar-refractivity contribution is 5.99. The van der Waals surface area contributed by atoms with E-state index in [4.69, 9.17) is 10.00 Å². The standard InChI is InChI=1S/C14H15NO3/c1-3-13(16)11-6-5-10(7-8-15)12(9-11)14(17)18-4-2/h5-6,9H,3-4,7H2,1-2H3. The van der Waals surface area contributed by atoms with E-state index in [0.29, 0.717) is 23.1 Å². The molecule has 0 unspecified atom stereocenters. The highest BCUT2D eigenvalue weighted by Crippen LogP contribution is 2.15. The van der Waals surface area contributed by atoms with E-state index >= 15 is 0 Å². The minimum atomic E-state index is -0.492. The van der Waals surface area contributed by atoms with Crippen LogP contribution in [0, 0.1) is 11.3 Å². The van der Waals surface area contributed by atoms with Crippen molar-refractivity contribution in [3.63, 3.8) is 0 Å². The summed E-state index contributed by atoms with van der Waals surface area (Å²) >= 11 is 0. The van der Waals surface area contributed by atoms with E-state index in [1.807, 2.05) is 6.07 Å². The van der Waals surface area contributed by atoms with E-state index in [0.717, 1.165) is 0 Å². The van der Waals surface area contributed by atoms with Gasteiger partial charge in [0.1, 0.15) is 0 Å². The third-order valence-corrected chi connectivity index (χ3v) is 2.52. The van der Waals surface area contributed by atoms with Crippen LogP contribution in [0.15, 0.2) is 18.2 Å². The second-order valence-electron chi connectivity index (χ2n) is 3.70. The van der Waals surface area contributed by atoms with Gasteiger partial charge in [-0.05, 0) is 18.6 Å². The lowest BCUT2D eigenvalue weighted by Gasteiger charge is -2.08. The molecule has 1 aromatic carbocycles. The molecule has 1 rings (SSSR count). The second kappa shape index (κ2) is 6.55. The van der Waals surface area contributed by atoms with Crippen LogP contribution in [0.5, 0.6) is 0 Å². The molecule has 18 heavy (non-hydrogen) atoms. The first kappa shape index (κ1) is 13.9. The van der Waals surface area contributed by atoms with Crippen molar-refractivity contribution >= 4 is 11.8 Å². The van der Waals surface area contributed by atoms with Crippen LogP contribution in [-0.4, -0.2) is 18.4 Å². The predicted molar refractivity (Wildman–Crippen MR) is 66.3 cm³/mol. The van der Waals surface area contributed by atoms with Gasteiger partial charge in [0.25, 0.3) is 0 Å². The molecule has 4 nitrogen and oxygen atoms in total. The molecule has 0 aliphatic rings. The zero-order valence-electron chi connectivity index (χ0n) is 10.5. The average Bonchev–Trinajstić information content (AvgIpc) is 2.39. The van der Waals surface area contributed by atoms with Crippen molar-refractivity contribution in [3.8, 4) is 6.07 Å². The van der Waals surface area contributed by atoms with Crippen LogP contribution >= 0.6 is 0 Å². The minimum Gasteiger partial charge on any atom is -0.462 e. The maximum Gasteiger partial charge on any atom is 0.338 e. The highest BCUT2D eigenvalue weighted by Gasteiger charge is 2.15. The molecule has 0 saturated heterocycles. The van der Waals surface area contributed by atoms with Crippen LogP contribution in [0.1, 0.15) is 46.5 Å². The number of benzene rings is 1. The number of ether oxygens (including phenoxy) is 1. The number of Topliss-reactive ketones (excluding diaryl/α,β-unsaturated/α-hetero) is 1. The van der Waals surface area contributed by atoms with E-state index < -0.39 is 5.97 Å². The van der Waals surface area contributed by atoms with Gasteiger partial charge in [0.2, 0.25) is 0 Å². The van der Waals surface area contributed by atoms with E-state index in [-0.39, 0.29) is 18.8 Å². The van der Waals surface area contributed by atoms with Gasteiger partial charge in [-0.3, -0.25) is 4.79 Å². The Hall–Kier alpha value is -2.15. The SMILES string of the molecule is CCOC(=O)c1cc(C(=O)CC)ccc1CC#N. The lowest BCUT2D eigenvalue weighted by molar-refractivity contribution is 0.0525. The van der Waals surface area contributed by atoms with E-state index in [9.17, 15) is 9.59 Å². The Labute approximate surface area is 106 Å². The Morgan fingerprint density at radius 2 is 2.06 bits per heavy atom. The zero-order chi connectivity index (χ0) is 13.5. The first-order valence-electron chi connectivity index (χ1n) is 5.84. The Kier molecular flexibility index (Phi) is 5.06. The van der Waals surface area contributed by atoms with Gasteiger partial charge in [-0.15, -0.1) is 0 Å². The van der Waals surface area contributed by atoms with Gasteiger partial charge in [0.15, 0.2) is 5.78 Å². The molecule has 0 aromatic heterocycles. The molecule has 0 saturated carbocycles. The van der Waals surface area contributed by atoms with Crippen LogP contribution in [0.25, 0.3) is 0 Å². The van der Waals surface area contributed by atoms with Crippen molar-refractivity contribution in [1.29, 1.82) is 5.26 Å². The molecule has 1 aromatic rings. The van der Waals surface area contributed by atoms with Crippen molar-refractivity contribution < 1.29 is 14.3 Å². The summed E-state index contributed by atoms with van der Waals surface area (Å²) in [7, 11) is 0. The first-order valence-corrected chi connectivity index (χ1v) is 5.84. The van der Waals surface area contributed by atoms with Crippen LogP contribution < -0.4 is 0 Å². The topological polar surface area (TPSA) is 67.2 Å². The van der Waals surface area contributed by atoms with Gasteiger partial charge in [0, 0.05) is 12.0 Å². The summed E-state index contributed by atoms with van der Waals surface area (Å²) in [5, 5.41) is 8.71. The fourth-order valence-corrected chi connectivity index (χ4v) is 1.59. The average molecular weight is 245 g/mol. The molecule has 0 atom stereocenters. The monoisotopic (exact) mass is 245 g/mol. The van der Waals surface area contributed by atoms with Crippen LogP contribution in [0.3, 0.4) is 0 Å². The van der Waals surface area contributed by atoms with Gasteiger partial charge >= 0.3 is 5.97 Å². The Morgan fingerprint density at radius 1 is 1.33 bits per heavy atom. The van der Waals surface area contributed by atoms with Gasteiger partial charge in [-0.2, -0.15) is 5.26 Å². The molecule has 0 aliphatic heterocycles. The molecule has 0 aliphatic carbocycles. The lowest BCUT2D eigenvalue weighted by Crippen LogP contribution is -2.10. The summed E-state index contributed by atoms with van der Waals surface area (Å²) in [5.74, 6) is -0.530. The molecule has 4 heteroatoms. The highest BCUT2D eigenvalue weighted by atomic mass is 16.5. The van der Waals surface area contributed by atoms with Crippen LogP contribution in [0.2, 0.25) is 0 Å². The fraction of sp³-hybridized carbons (Fsp3) is 0.357. The van der Waals surface area contributed by atoms with Gasteiger partial charge in [-0.1, -0.05) is 19.1 Å². The number of carbonyl (C=O) groups is 2. The minimum absolute atomic E-state index is 0.0379. The van der Waals surface area contributed by atoms with Crippen molar-refractivity contribution in [1.82, 2.24) is 0 Å². The van der Waals surface area contributed by atoms with E-state index in [1.165, 1.54) is 6.07 Å². The maximum absolute atomic E-state index is 11.8. The molecule has 0 amide bonds. The molecule has 0 N–H and O–H groups in total. The van der Waals surface area contributed by atoms with Gasteiger partial charge in [0.05, 0.1) is 24.7 Å². The summed E-state index contributed by atoms with van der Waals surface area (Å²) in [6, 6.07) is 6.78. The van der Waals surface area contributed by atoms with Crippen molar-refractivity contribution in [3.05, 3.63) is 34.9 Å². The number of esters is 1. The van der Waals surface area contributed by atoms with Crippen LogP contribution in [0.4, 0.5) is 0 Å². The number of ketones is 1. The Morgan fingerprint density at radius 3 is 2.61 bits per heavy atom. The van der Waals surface area contributed by atoms with Crippen molar-refractivity contribution in [2.24, 2.45) is 0 Å². The number of nitrogens with zero attached hydrogens (tertiary/aromatic N) is 1. The van der Waals surface area contributed by atoms with Gasteiger partial charge in [-0.25, -0.2) is 4.79 Å². The first-order chi connectivity index (χ1) is 8.63. The number of nitriles is 1. The smallest absolute Gasteiger partial charge is 0.338 e. The molecule has 0 radical (unpaired) electrons. The molecular formula is C14H15NO3. The Balaban J connectivity index is 3.19. The van der Waals surface area contributed by atoms with Gasteiger partial charge < -0.3 is 4.74 Å². The molecular weight excluding hydrogens is 230 g/mol. The third-order valence-electron chi connectivity index (χ3n) is 2.52. The summed E-state index contributed by atoms with van der Waals surface area (Å²) in [5.41, 5.74) is 1.36.